The number of nitrogens with one attached hydrogen (secondary N) is 2. The molecule has 1 fully saturated rings. The fourth-order valence-corrected chi connectivity index (χ4v) is 5.85. The van der Waals surface area contributed by atoms with Gasteiger partial charge in [-0.1, -0.05) is 30.3 Å². The normalized spacial score (nSPS) is 14.6. The lowest BCUT2D eigenvalue weighted by Gasteiger charge is -2.32. The minimum Gasteiger partial charge on any atom is -0.457 e. The second-order valence-electron chi connectivity index (χ2n) is 6.93. The van der Waals surface area contributed by atoms with Crippen molar-refractivity contribution in [3.05, 3.63) is 65.7 Å². The van der Waals surface area contributed by atoms with Gasteiger partial charge in [0.1, 0.15) is 6.61 Å². The number of benzene rings is 2. The van der Waals surface area contributed by atoms with E-state index in [1.165, 1.54) is 35.7 Å². The van der Waals surface area contributed by atoms with Crippen LogP contribution in [0.3, 0.4) is 0 Å². The number of hydrogen-bond donors (Lipinski definition) is 2. The van der Waals surface area contributed by atoms with Gasteiger partial charge in [-0.3, -0.25) is 14.9 Å². The van der Waals surface area contributed by atoms with Crippen LogP contribution >= 0.6 is 23.5 Å². The second kappa shape index (κ2) is 11.8. The molecule has 0 atom stereocenters. The summed E-state index contributed by atoms with van der Waals surface area (Å²) in [6.45, 7) is 1.89. The van der Waals surface area contributed by atoms with Crippen LogP contribution in [0.5, 0.6) is 0 Å². The highest BCUT2D eigenvalue weighted by molar-refractivity contribution is 8.21. The topological polar surface area (TPSA) is 111 Å². The molecule has 10 heteroatoms. The lowest BCUT2D eigenvalue weighted by atomic mass is 10.2. The molecule has 1 aliphatic heterocycles. The van der Waals surface area contributed by atoms with Gasteiger partial charge in [0.25, 0.3) is 11.8 Å². The molecule has 2 aromatic rings. The maximum absolute atomic E-state index is 13.1. The molecule has 1 heterocycles. The number of thioether (sulfide) groups is 2. The summed E-state index contributed by atoms with van der Waals surface area (Å²) in [7, 11) is 0. The first-order valence-electron chi connectivity index (χ1n) is 10.3. The third kappa shape index (κ3) is 6.52. The minimum absolute atomic E-state index is 0.110. The van der Waals surface area contributed by atoms with Crippen LogP contribution in [-0.2, 0) is 25.7 Å². The molecule has 0 saturated carbocycles. The zero-order chi connectivity index (χ0) is 23.7. The summed E-state index contributed by atoms with van der Waals surface area (Å²) in [5.41, 5.74) is 1.62. The quantitative estimate of drug-likeness (QED) is 0.447. The van der Waals surface area contributed by atoms with Gasteiger partial charge in [0.05, 0.1) is 12.2 Å². The fourth-order valence-electron chi connectivity index (χ4n) is 2.95. The van der Waals surface area contributed by atoms with E-state index in [-0.39, 0.29) is 13.2 Å². The molecular formula is C23H24N2O6S2. The van der Waals surface area contributed by atoms with Crippen molar-refractivity contribution in [2.24, 2.45) is 0 Å². The molecule has 2 N–H and O–H groups in total. The van der Waals surface area contributed by atoms with E-state index in [0.717, 1.165) is 12.0 Å². The van der Waals surface area contributed by atoms with Crippen molar-refractivity contribution in [2.45, 2.75) is 24.0 Å². The zero-order valence-corrected chi connectivity index (χ0v) is 19.6. The Balaban J connectivity index is 1.64. The van der Waals surface area contributed by atoms with Crippen LogP contribution < -0.4 is 10.6 Å². The third-order valence-corrected chi connectivity index (χ3v) is 7.83. The summed E-state index contributed by atoms with van der Waals surface area (Å²) < 4.78 is 8.55. The van der Waals surface area contributed by atoms with Crippen molar-refractivity contribution < 1.29 is 28.7 Å². The van der Waals surface area contributed by atoms with Gasteiger partial charge >= 0.3 is 12.1 Å². The molecule has 3 amide bonds. The maximum atomic E-state index is 13.1. The molecule has 0 unspecified atom stereocenters. The summed E-state index contributed by atoms with van der Waals surface area (Å²) in [6.07, 6.45) is -0.0450. The number of carbonyl (C=O) groups is 4. The Kier molecular flexibility index (Phi) is 8.79. The lowest BCUT2D eigenvalue weighted by Crippen LogP contribution is -2.53. The van der Waals surface area contributed by atoms with Crippen LogP contribution in [0.15, 0.2) is 54.6 Å². The highest BCUT2D eigenvalue weighted by atomic mass is 32.2. The number of alkyl carbamates (subject to hydrolysis) is 1. The van der Waals surface area contributed by atoms with Gasteiger partial charge in [-0.15, -0.1) is 23.5 Å². The molecule has 1 aliphatic rings. The van der Waals surface area contributed by atoms with Crippen LogP contribution in [0.4, 0.5) is 10.5 Å². The number of hydrogen-bond acceptors (Lipinski definition) is 8. The Morgan fingerprint density at radius 1 is 0.909 bits per heavy atom. The first-order valence-corrected chi connectivity index (χ1v) is 12.3. The molecule has 1 saturated heterocycles. The highest BCUT2D eigenvalue weighted by Gasteiger charge is 2.49. The Bertz CT molecular complexity index is 992. The van der Waals surface area contributed by atoms with E-state index in [1.807, 2.05) is 30.3 Å². The van der Waals surface area contributed by atoms with Crippen molar-refractivity contribution in [3.63, 3.8) is 0 Å². The number of imide groups is 1. The Hall–Kier alpha value is -2.98. The molecular weight excluding hydrogens is 464 g/mol. The Morgan fingerprint density at radius 3 is 2.21 bits per heavy atom. The van der Waals surface area contributed by atoms with Crippen LogP contribution in [0.2, 0.25) is 0 Å². The largest absolute Gasteiger partial charge is 0.457 e. The third-order valence-electron chi connectivity index (χ3n) is 4.58. The number of esters is 1. The van der Waals surface area contributed by atoms with Gasteiger partial charge in [0, 0.05) is 5.69 Å². The van der Waals surface area contributed by atoms with E-state index in [2.05, 4.69) is 10.6 Å². The average Bonchev–Trinajstić information content (AvgIpc) is 2.84. The Labute approximate surface area is 200 Å². The first kappa shape index (κ1) is 24.7. The molecule has 8 nitrogen and oxygen atoms in total. The molecule has 33 heavy (non-hydrogen) atoms. The molecule has 0 spiro atoms. The van der Waals surface area contributed by atoms with E-state index in [1.54, 1.807) is 19.1 Å². The summed E-state index contributed by atoms with van der Waals surface area (Å²) in [4.78, 5) is 49.9. The van der Waals surface area contributed by atoms with Crippen LogP contribution in [-0.4, -0.2) is 46.1 Å². The Morgan fingerprint density at radius 2 is 1.58 bits per heavy atom. The van der Waals surface area contributed by atoms with Gasteiger partial charge in [0.15, 0.2) is 0 Å². The number of amides is 3. The smallest absolute Gasteiger partial charge is 0.413 e. The number of ether oxygens (including phenoxy) is 2. The van der Waals surface area contributed by atoms with Crippen molar-refractivity contribution in [3.8, 4) is 0 Å². The lowest BCUT2D eigenvalue weighted by molar-refractivity contribution is -0.126. The van der Waals surface area contributed by atoms with Gasteiger partial charge in [-0.25, -0.2) is 9.59 Å². The van der Waals surface area contributed by atoms with Crippen LogP contribution in [0, 0.1) is 0 Å². The molecule has 3 rings (SSSR count). The molecule has 0 aliphatic carbocycles. The SMILES string of the molecule is CCOC(=O)NC(=O)C1(C(=O)Nc2ccc(C(=O)OCc3ccccc3)cc2)SCCCS1. The van der Waals surface area contributed by atoms with Crippen molar-refractivity contribution in [1.82, 2.24) is 5.32 Å². The zero-order valence-electron chi connectivity index (χ0n) is 18.0. The van der Waals surface area contributed by atoms with Crippen LogP contribution in [0.25, 0.3) is 0 Å². The van der Waals surface area contributed by atoms with E-state index in [9.17, 15) is 19.2 Å². The van der Waals surface area contributed by atoms with E-state index >= 15 is 0 Å². The summed E-state index contributed by atoms with van der Waals surface area (Å²) in [6, 6.07) is 15.5. The number of rotatable bonds is 7. The van der Waals surface area contributed by atoms with Gasteiger partial charge < -0.3 is 14.8 Å². The molecule has 0 bridgehead atoms. The minimum atomic E-state index is -1.52. The van der Waals surface area contributed by atoms with Crippen molar-refractivity contribution in [2.75, 3.05) is 23.4 Å². The van der Waals surface area contributed by atoms with Gasteiger partial charge in [0.2, 0.25) is 4.08 Å². The summed E-state index contributed by atoms with van der Waals surface area (Å²) in [5.74, 6) is -0.570. The van der Waals surface area contributed by atoms with Gasteiger partial charge in [-0.05, 0) is 54.7 Å². The van der Waals surface area contributed by atoms with E-state index in [4.69, 9.17) is 9.47 Å². The average molecular weight is 489 g/mol. The summed E-state index contributed by atoms with van der Waals surface area (Å²) >= 11 is 2.35. The predicted molar refractivity (Wildman–Crippen MR) is 128 cm³/mol. The molecule has 0 radical (unpaired) electrons. The maximum Gasteiger partial charge on any atom is 0.413 e. The molecule has 2 aromatic carbocycles. The highest BCUT2D eigenvalue weighted by Crippen LogP contribution is 2.43. The standard InChI is InChI=1S/C23H24N2O6S2/c1-2-30-22(29)25-21(28)23(32-13-6-14-33-23)20(27)24-18-11-9-17(10-12-18)19(26)31-15-16-7-4-3-5-8-16/h3-5,7-12H,2,6,13-15H2,1H3,(H,24,27)(H,25,28,29). The van der Waals surface area contributed by atoms with Gasteiger partial charge in [-0.2, -0.15) is 0 Å². The van der Waals surface area contributed by atoms with E-state index < -0.39 is 28.0 Å². The fraction of sp³-hybridized carbons (Fsp3) is 0.304. The predicted octanol–water partition coefficient (Wildman–Crippen LogP) is 3.82. The van der Waals surface area contributed by atoms with E-state index in [0.29, 0.717) is 22.8 Å². The van der Waals surface area contributed by atoms with Crippen molar-refractivity contribution >= 4 is 53.1 Å². The van der Waals surface area contributed by atoms with Crippen molar-refractivity contribution in [1.29, 1.82) is 0 Å². The number of anilines is 1. The molecule has 174 valence electrons. The van der Waals surface area contributed by atoms with Crippen LogP contribution in [0.1, 0.15) is 29.3 Å². The number of carbonyl (C=O) groups excluding carboxylic acids is 4. The first-order chi connectivity index (χ1) is 15.9. The monoisotopic (exact) mass is 488 g/mol. The molecule has 0 aromatic heterocycles. The summed E-state index contributed by atoms with van der Waals surface area (Å²) in [5, 5.41) is 4.86. The second-order valence-corrected chi connectivity index (χ2v) is 9.81.